The molecule has 248 valence electrons. The van der Waals surface area contributed by atoms with Crippen molar-refractivity contribution in [2.75, 3.05) is 25.1 Å². The fourth-order valence-corrected chi connectivity index (χ4v) is 10.2. The molecule has 0 aliphatic heterocycles. The van der Waals surface area contributed by atoms with Gasteiger partial charge in [0.25, 0.3) is 5.91 Å². The van der Waals surface area contributed by atoms with Crippen molar-refractivity contribution in [3.8, 4) is 11.1 Å². The van der Waals surface area contributed by atoms with E-state index in [9.17, 15) is 19.5 Å². The molecule has 0 radical (unpaired) electrons. The van der Waals surface area contributed by atoms with Gasteiger partial charge in [0, 0.05) is 18.7 Å². The Kier molecular flexibility index (Phi) is 10.5. The van der Waals surface area contributed by atoms with Crippen molar-refractivity contribution in [2.24, 2.45) is 29.1 Å². The quantitative estimate of drug-likeness (QED) is 0.233. The number of hydrogen-bond acceptors (Lipinski definition) is 4. The second-order valence-electron chi connectivity index (χ2n) is 15.0. The van der Waals surface area contributed by atoms with Gasteiger partial charge in [0.2, 0.25) is 5.91 Å². The summed E-state index contributed by atoms with van der Waals surface area (Å²) in [6.45, 7) is 3.61. The molecule has 5 saturated carbocycles. The molecule has 46 heavy (non-hydrogen) atoms. The van der Waals surface area contributed by atoms with Crippen LogP contribution in [-0.4, -0.2) is 58.9 Å². The van der Waals surface area contributed by atoms with Crippen LogP contribution >= 0.6 is 11.8 Å². The number of rotatable bonds is 13. The fraction of sp³-hybridized carbons (Fsp3) is 0.615. The third-order valence-electron chi connectivity index (χ3n) is 11.6. The third-order valence-corrected chi connectivity index (χ3v) is 12.3. The summed E-state index contributed by atoms with van der Waals surface area (Å²) in [7, 11) is 0. The molecule has 5 fully saturated rings. The SMILES string of the molecule is CSCCC(NC(=O)c1ccc(CCN(CC2CCCCC2)C(=O)C23CC4CC(CC(C4)C2)C3)cc1-c1ccccc1C)C(=O)O. The maximum Gasteiger partial charge on any atom is 0.326 e. The number of aliphatic carboxylic acids is 1. The molecule has 7 rings (SSSR count). The molecule has 0 spiro atoms. The van der Waals surface area contributed by atoms with Gasteiger partial charge in [0.05, 0.1) is 5.41 Å². The Labute approximate surface area is 279 Å². The molecule has 5 aliphatic rings. The van der Waals surface area contributed by atoms with Gasteiger partial charge in [-0.15, -0.1) is 0 Å². The van der Waals surface area contributed by atoms with E-state index < -0.39 is 12.0 Å². The number of benzene rings is 2. The lowest BCUT2D eigenvalue weighted by Crippen LogP contribution is -2.55. The molecule has 0 saturated heterocycles. The molecule has 5 aliphatic carbocycles. The molecular weight excluding hydrogens is 593 g/mol. The molecule has 0 heterocycles. The van der Waals surface area contributed by atoms with Gasteiger partial charge in [-0.05, 0) is 135 Å². The van der Waals surface area contributed by atoms with Crippen LogP contribution in [0.4, 0.5) is 0 Å². The minimum absolute atomic E-state index is 0.144. The van der Waals surface area contributed by atoms with Crippen LogP contribution in [0.15, 0.2) is 42.5 Å². The Morgan fingerprint density at radius 2 is 1.63 bits per heavy atom. The van der Waals surface area contributed by atoms with Gasteiger partial charge in [-0.25, -0.2) is 4.79 Å². The van der Waals surface area contributed by atoms with Gasteiger partial charge in [0.1, 0.15) is 6.04 Å². The van der Waals surface area contributed by atoms with E-state index in [0.717, 1.165) is 72.2 Å². The van der Waals surface area contributed by atoms with Crippen LogP contribution in [0.1, 0.15) is 98.5 Å². The lowest BCUT2D eigenvalue weighted by atomic mass is 9.49. The normalized spacial score (nSPS) is 26.1. The number of amides is 2. The van der Waals surface area contributed by atoms with Crippen LogP contribution in [0.5, 0.6) is 0 Å². The Morgan fingerprint density at radius 1 is 0.957 bits per heavy atom. The Bertz CT molecular complexity index is 1380. The zero-order valence-corrected chi connectivity index (χ0v) is 28.6. The van der Waals surface area contributed by atoms with E-state index in [0.29, 0.717) is 36.1 Å². The van der Waals surface area contributed by atoms with E-state index >= 15 is 0 Å². The highest BCUT2D eigenvalue weighted by Crippen LogP contribution is 2.60. The van der Waals surface area contributed by atoms with Gasteiger partial charge in [-0.1, -0.05) is 55.7 Å². The molecule has 7 heteroatoms. The maximum absolute atomic E-state index is 14.6. The molecule has 2 amide bonds. The summed E-state index contributed by atoms with van der Waals surface area (Å²) in [6, 6.07) is 13.1. The predicted octanol–water partition coefficient (Wildman–Crippen LogP) is 7.77. The second kappa shape index (κ2) is 14.5. The first kappa shape index (κ1) is 33.1. The van der Waals surface area contributed by atoms with Crippen LogP contribution < -0.4 is 5.32 Å². The summed E-state index contributed by atoms with van der Waals surface area (Å²) < 4.78 is 0. The van der Waals surface area contributed by atoms with Crippen LogP contribution in [0, 0.1) is 36.0 Å². The second-order valence-corrected chi connectivity index (χ2v) is 16.0. The van der Waals surface area contributed by atoms with Crippen molar-refractivity contribution in [2.45, 2.75) is 96.4 Å². The number of nitrogens with one attached hydrogen (secondary N) is 1. The average Bonchev–Trinajstić information content (AvgIpc) is 3.04. The smallest absolute Gasteiger partial charge is 0.326 e. The first-order chi connectivity index (χ1) is 22.2. The van der Waals surface area contributed by atoms with Crippen molar-refractivity contribution < 1.29 is 19.5 Å². The van der Waals surface area contributed by atoms with Crippen molar-refractivity contribution in [3.05, 3.63) is 59.2 Å². The molecule has 4 bridgehead atoms. The molecule has 6 nitrogen and oxygen atoms in total. The van der Waals surface area contributed by atoms with Gasteiger partial charge < -0.3 is 15.3 Å². The van der Waals surface area contributed by atoms with E-state index in [1.165, 1.54) is 51.4 Å². The zero-order chi connectivity index (χ0) is 32.3. The number of nitrogens with zero attached hydrogens (tertiary/aromatic N) is 1. The highest BCUT2D eigenvalue weighted by molar-refractivity contribution is 7.98. The van der Waals surface area contributed by atoms with Crippen LogP contribution in [0.3, 0.4) is 0 Å². The van der Waals surface area contributed by atoms with E-state index in [4.69, 9.17) is 0 Å². The molecule has 2 aromatic rings. The monoisotopic (exact) mass is 644 g/mol. The molecule has 1 atom stereocenters. The Morgan fingerprint density at radius 3 is 2.26 bits per heavy atom. The summed E-state index contributed by atoms with van der Waals surface area (Å²) in [5.41, 5.74) is 4.27. The maximum atomic E-state index is 14.6. The topological polar surface area (TPSA) is 86.7 Å². The zero-order valence-electron chi connectivity index (χ0n) is 27.8. The molecular formula is C39H52N2O4S. The van der Waals surface area contributed by atoms with Crippen molar-refractivity contribution in [3.63, 3.8) is 0 Å². The minimum atomic E-state index is -1.02. The molecule has 2 N–H and O–H groups in total. The van der Waals surface area contributed by atoms with E-state index in [-0.39, 0.29) is 11.3 Å². The highest BCUT2D eigenvalue weighted by atomic mass is 32.2. The van der Waals surface area contributed by atoms with Gasteiger partial charge in [0.15, 0.2) is 0 Å². The van der Waals surface area contributed by atoms with Crippen molar-refractivity contribution in [1.29, 1.82) is 0 Å². The van der Waals surface area contributed by atoms with E-state index in [1.54, 1.807) is 11.8 Å². The number of hydrogen-bond donors (Lipinski definition) is 2. The number of aryl methyl sites for hydroxylation is 1. The van der Waals surface area contributed by atoms with Crippen LogP contribution in [-0.2, 0) is 16.0 Å². The largest absolute Gasteiger partial charge is 0.480 e. The predicted molar refractivity (Wildman–Crippen MR) is 186 cm³/mol. The van der Waals surface area contributed by atoms with Gasteiger partial charge in [-0.2, -0.15) is 11.8 Å². The summed E-state index contributed by atoms with van der Waals surface area (Å²) in [6.07, 6.45) is 16.6. The van der Waals surface area contributed by atoms with E-state index in [2.05, 4.69) is 16.3 Å². The lowest BCUT2D eigenvalue weighted by molar-refractivity contribution is -0.158. The number of carboxylic acids is 1. The van der Waals surface area contributed by atoms with Crippen molar-refractivity contribution >= 4 is 29.5 Å². The average molecular weight is 645 g/mol. The van der Waals surface area contributed by atoms with Gasteiger partial charge in [-0.3, -0.25) is 9.59 Å². The van der Waals surface area contributed by atoms with Gasteiger partial charge >= 0.3 is 5.97 Å². The number of carbonyl (C=O) groups is 3. The minimum Gasteiger partial charge on any atom is -0.480 e. The number of thioether (sulfide) groups is 1. The summed E-state index contributed by atoms with van der Waals surface area (Å²) >= 11 is 1.57. The Hall–Kier alpha value is -2.80. The van der Waals surface area contributed by atoms with Crippen molar-refractivity contribution in [1.82, 2.24) is 10.2 Å². The molecule has 2 aromatic carbocycles. The third kappa shape index (κ3) is 7.35. The highest BCUT2D eigenvalue weighted by Gasteiger charge is 2.55. The standard InChI is InChI=1S/C39H52N2O4S/c1-26-8-6-7-11-32(26)34-21-27(12-13-33(34)36(42)40-35(37(43)44)15-17-46-2)14-16-41(25-28-9-4-3-5-10-28)38(45)39-22-29-18-30(23-39)20-31(19-29)24-39/h6-8,11-13,21,28-31,35H,3-5,9-10,14-20,22-25H2,1-2H3,(H,40,42)(H,43,44). The van der Waals surface area contributed by atoms with Crippen LogP contribution in [0.25, 0.3) is 11.1 Å². The summed E-state index contributed by atoms with van der Waals surface area (Å²) in [5.74, 6) is 2.51. The summed E-state index contributed by atoms with van der Waals surface area (Å²) in [4.78, 5) is 42.4. The molecule has 1 unspecified atom stereocenters. The van der Waals surface area contributed by atoms with Crippen LogP contribution in [0.2, 0.25) is 0 Å². The molecule has 0 aromatic heterocycles. The fourth-order valence-electron chi connectivity index (χ4n) is 9.70. The lowest BCUT2D eigenvalue weighted by Gasteiger charge is -2.56. The first-order valence-electron chi connectivity index (χ1n) is 17.8. The Balaban J connectivity index is 1.25. The summed E-state index contributed by atoms with van der Waals surface area (Å²) in [5, 5.41) is 12.5. The van der Waals surface area contributed by atoms with E-state index in [1.807, 2.05) is 49.6 Å². The number of carboxylic acid groups (broad SMARTS) is 1. The number of carbonyl (C=O) groups excluding carboxylic acids is 2. The first-order valence-corrected chi connectivity index (χ1v) is 19.1.